The lowest BCUT2D eigenvalue weighted by Gasteiger charge is -2.38. The molecule has 0 spiro atoms. The molecule has 0 N–H and O–H groups in total. The van der Waals surface area contributed by atoms with Crippen molar-refractivity contribution >= 4 is 24.2 Å². The minimum absolute atomic E-state index is 0.0212. The molecule has 0 unspecified atom stereocenters. The number of aldehydes is 1. The number of carbonyl (C=O) groups is 4. The van der Waals surface area contributed by atoms with E-state index < -0.39 is 42.0 Å². The number of esters is 3. The first-order valence-corrected chi connectivity index (χ1v) is 9.18. The minimum atomic E-state index is -1.47. The topological polar surface area (TPSA) is 114 Å². The van der Waals surface area contributed by atoms with E-state index in [2.05, 4.69) is 0 Å². The van der Waals surface area contributed by atoms with Gasteiger partial charge < -0.3 is 23.7 Å². The first kappa shape index (κ1) is 23.1. The van der Waals surface area contributed by atoms with Gasteiger partial charge in [-0.3, -0.25) is 19.2 Å². The maximum atomic E-state index is 12.4. The molecule has 0 bridgehead atoms. The van der Waals surface area contributed by atoms with Crippen LogP contribution in [-0.2, 0) is 49.5 Å². The van der Waals surface area contributed by atoms with Gasteiger partial charge in [-0.25, -0.2) is 0 Å². The number of hydrogen-bond acceptors (Lipinski definition) is 9. The zero-order chi connectivity index (χ0) is 22.1. The normalized spacial score (nSPS) is 20.5. The van der Waals surface area contributed by atoms with E-state index in [-0.39, 0.29) is 18.8 Å². The molecule has 9 heteroatoms. The molecule has 0 radical (unpaired) electrons. The van der Waals surface area contributed by atoms with Crippen molar-refractivity contribution < 1.29 is 42.9 Å². The van der Waals surface area contributed by atoms with Gasteiger partial charge in [-0.2, -0.15) is 0 Å². The summed E-state index contributed by atoms with van der Waals surface area (Å²) in [6.07, 6.45) is -0.251. The Labute approximate surface area is 173 Å². The van der Waals surface area contributed by atoms with Crippen LogP contribution in [0.2, 0.25) is 0 Å². The molecule has 30 heavy (non-hydrogen) atoms. The van der Waals surface area contributed by atoms with Crippen molar-refractivity contribution in [2.24, 2.45) is 11.8 Å². The van der Waals surface area contributed by atoms with E-state index in [1.165, 1.54) is 6.92 Å². The lowest BCUT2D eigenvalue weighted by Crippen LogP contribution is -2.50. The van der Waals surface area contributed by atoms with Crippen LogP contribution in [0.1, 0.15) is 12.5 Å². The maximum absolute atomic E-state index is 12.4. The molecular formula is C21H24O9. The Bertz CT molecular complexity index is 771. The van der Waals surface area contributed by atoms with Gasteiger partial charge in [0, 0.05) is 18.4 Å². The molecule has 0 saturated carbocycles. The van der Waals surface area contributed by atoms with Crippen LogP contribution in [0.3, 0.4) is 0 Å². The van der Waals surface area contributed by atoms with Gasteiger partial charge in [0.25, 0.3) is 0 Å². The molecule has 3 atom stereocenters. The summed E-state index contributed by atoms with van der Waals surface area (Å²) in [5.41, 5.74) is 0.838. The van der Waals surface area contributed by atoms with E-state index in [0.717, 1.165) is 26.0 Å². The fourth-order valence-corrected chi connectivity index (χ4v) is 3.19. The smallest absolute Gasteiger partial charge is 0.320 e. The lowest BCUT2D eigenvalue weighted by atomic mass is 9.79. The molecule has 1 aliphatic heterocycles. The summed E-state index contributed by atoms with van der Waals surface area (Å²) in [4.78, 5) is 47.8. The highest BCUT2D eigenvalue weighted by Gasteiger charge is 2.49. The van der Waals surface area contributed by atoms with Crippen molar-refractivity contribution in [1.82, 2.24) is 0 Å². The molecule has 0 aromatic heterocycles. The summed E-state index contributed by atoms with van der Waals surface area (Å²) in [5.74, 6) is -4.86. The van der Waals surface area contributed by atoms with Crippen LogP contribution in [0.5, 0.6) is 0 Å². The second-order valence-electron chi connectivity index (χ2n) is 6.52. The Hall–Kier alpha value is -3.20. The first-order valence-electron chi connectivity index (χ1n) is 9.18. The maximum Gasteiger partial charge on any atom is 0.320 e. The highest BCUT2D eigenvalue weighted by molar-refractivity contribution is 5.97. The molecule has 0 fully saturated rings. The van der Waals surface area contributed by atoms with Crippen LogP contribution < -0.4 is 0 Å². The molecular weight excluding hydrogens is 396 g/mol. The molecule has 1 aromatic rings. The van der Waals surface area contributed by atoms with Crippen molar-refractivity contribution in [1.29, 1.82) is 0 Å². The third kappa shape index (κ3) is 5.66. The lowest BCUT2D eigenvalue weighted by molar-refractivity contribution is -0.173. The summed E-state index contributed by atoms with van der Waals surface area (Å²) in [6, 6.07) is 9.15. The van der Waals surface area contributed by atoms with Crippen LogP contribution >= 0.6 is 0 Å². The number of carbonyl (C=O) groups excluding carboxylic acids is 4. The Kier molecular flexibility index (Phi) is 8.54. The quantitative estimate of drug-likeness (QED) is 0.251. The molecule has 1 heterocycles. The Balaban J connectivity index is 2.42. The van der Waals surface area contributed by atoms with E-state index in [0.29, 0.717) is 6.29 Å². The van der Waals surface area contributed by atoms with E-state index in [1.807, 2.05) is 30.3 Å². The van der Waals surface area contributed by atoms with E-state index >= 15 is 0 Å². The van der Waals surface area contributed by atoms with Crippen molar-refractivity contribution in [2.75, 3.05) is 20.8 Å². The summed E-state index contributed by atoms with van der Waals surface area (Å²) >= 11 is 0. The molecule has 0 amide bonds. The van der Waals surface area contributed by atoms with Gasteiger partial charge in [0.1, 0.15) is 19.0 Å². The highest BCUT2D eigenvalue weighted by atomic mass is 16.6. The van der Waals surface area contributed by atoms with Crippen molar-refractivity contribution in [3.63, 3.8) is 0 Å². The van der Waals surface area contributed by atoms with Gasteiger partial charge in [-0.15, -0.1) is 0 Å². The molecule has 2 rings (SSSR count). The van der Waals surface area contributed by atoms with Crippen LogP contribution in [0, 0.1) is 11.8 Å². The molecule has 1 aliphatic rings. The predicted molar refractivity (Wildman–Crippen MR) is 102 cm³/mol. The van der Waals surface area contributed by atoms with Crippen LogP contribution in [-0.4, -0.2) is 57.2 Å². The van der Waals surface area contributed by atoms with Crippen molar-refractivity contribution in [2.45, 2.75) is 25.7 Å². The van der Waals surface area contributed by atoms with E-state index in [1.54, 1.807) is 0 Å². The number of benzene rings is 1. The summed E-state index contributed by atoms with van der Waals surface area (Å²) in [7, 11) is 2.25. The average molecular weight is 420 g/mol. The summed E-state index contributed by atoms with van der Waals surface area (Å²) < 4.78 is 26.1. The summed E-state index contributed by atoms with van der Waals surface area (Å²) in [6.45, 7) is 1.13. The number of methoxy groups -OCH3 is 2. The van der Waals surface area contributed by atoms with Crippen molar-refractivity contribution in [3.05, 3.63) is 47.7 Å². The van der Waals surface area contributed by atoms with Gasteiger partial charge in [0.05, 0.1) is 27.1 Å². The largest absolute Gasteiger partial charge is 0.491 e. The van der Waals surface area contributed by atoms with Gasteiger partial charge in [0.15, 0.2) is 12.0 Å². The monoisotopic (exact) mass is 420 g/mol. The third-order valence-corrected chi connectivity index (χ3v) is 4.63. The standard InChI is InChI=1S/C21H24O9/c1-13(23)28-12-16-19(30-10-14-7-5-4-6-8-14)17(15(9-22)11-29-16)18(20(24)26-2)21(25)27-3/h4-9,11,16-19H,10,12H2,1-3H3/t16-,17-,19+/m1/s1. The average Bonchev–Trinajstić information content (AvgIpc) is 2.77. The van der Waals surface area contributed by atoms with Crippen LogP contribution in [0.25, 0.3) is 0 Å². The van der Waals surface area contributed by atoms with Crippen molar-refractivity contribution in [3.8, 4) is 0 Å². The number of rotatable bonds is 9. The molecule has 0 aliphatic carbocycles. The molecule has 1 aromatic carbocycles. The Morgan fingerprint density at radius 3 is 2.27 bits per heavy atom. The van der Waals surface area contributed by atoms with E-state index in [4.69, 9.17) is 23.7 Å². The second-order valence-corrected chi connectivity index (χ2v) is 6.52. The number of hydrogen-bond donors (Lipinski definition) is 0. The van der Waals surface area contributed by atoms with E-state index in [9.17, 15) is 19.2 Å². The van der Waals surface area contributed by atoms with Crippen LogP contribution in [0.15, 0.2) is 42.2 Å². The zero-order valence-corrected chi connectivity index (χ0v) is 16.9. The second kappa shape index (κ2) is 11.1. The number of ether oxygens (including phenoxy) is 5. The fraction of sp³-hybridized carbons (Fsp3) is 0.429. The summed E-state index contributed by atoms with van der Waals surface area (Å²) in [5, 5.41) is 0. The fourth-order valence-electron chi connectivity index (χ4n) is 3.19. The van der Waals surface area contributed by atoms with Gasteiger partial charge in [0.2, 0.25) is 0 Å². The first-order chi connectivity index (χ1) is 14.4. The molecule has 0 saturated heterocycles. The predicted octanol–water partition coefficient (Wildman–Crippen LogP) is 1.19. The molecule has 162 valence electrons. The highest BCUT2D eigenvalue weighted by Crippen LogP contribution is 2.35. The molecule has 9 nitrogen and oxygen atoms in total. The van der Waals surface area contributed by atoms with Gasteiger partial charge in [-0.1, -0.05) is 30.3 Å². The minimum Gasteiger partial charge on any atom is -0.491 e. The SMILES string of the molecule is COC(=O)C(C(=O)OC)[C@H]1C(C=O)=CO[C@H](COC(C)=O)[C@@H]1OCc1ccccc1. The van der Waals surface area contributed by atoms with Crippen LogP contribution in [0.4, 0.5) is 0 Å². The Morgan fingerprint density at radius 2 is 1.73 bits per heavy atom. The zero-order valence-electron chi connectivity index (χ0n) is 16.9. The van der Waals surface area contributed by atoms with Gasteiger partial charge >= 0.3 is 17.9 Å². The van der Waals surface area contributed by atoms with Gasteiger partial charge in [-0.05, 0) is 5.56 Å². The third-order valence-electron chi connectivity index (χ3n) is 4.63. The Morgan fingerprint density at radius 1 is 1.10 bits per heavy atom.